The van der Waals surface area contributed by atoms with E-state index in [2.05, 4.69) is 39.0 Å². The van der Waals surface area contributed by atoms with Crippen LogP contribution in [-0.2, 0) is 4.74 Å². The monoisotopic (exact) mass is 222 g/mol. The Balaban J connectivity index is 2.60. The van der Waals surface area contributed by atoms with Crippen molar-refractivity contribution >= 4 is 0 Å². The first kappa shape index (κ1) is 13.0. The Morgan fingerprint density at radius 2 is 1.94 bits per heavy atom. The van der Waals surface area contributed by atoms with Crippen LogP contribution in [0.2, 0.25) is 0 Å². The molecule has 2 nitrogen and oxygen atoms in total. The van der Waals surface area contributed by atoms with E-state index in [1.54, 1.807) is 0 Å². The zero-order valence-corrected chi connectivity index (χ0v) is 10.7. The molecule has 1 rings (SSSR count). The molecule has 0 fully saturated rings. The van der Waals surface area contributed by atoms with Crippen molar-refractivity contribution in [3.63, 3.8) is 0 Å². The highest BCUT2D eigenvalue weighted by Gasteiger charge is 2.04. The van der Waals surface area contributed by atoms with Crippen molar-refractivity contribution in [1.82, 2.24) is 0 Å². The second-order valence-corrected chi connectivity index (χ2v) is 4.23. The fourth-order valence-electron chi connectivity index (χ4n) is 1.49. The number of hydrogen-bond donors (Lipinski definition) is 0. The van der Waals surface area contributed by atoms with E-state index in [1.807, 2.05) is 6.92 Å². The van der Waals surface area contributed by atoms with Crippen molar-refractivity contribution < 1.29 is 9.47 Å². The minimum absolute atomic E-state index is 0.537. The lowest BCUT2D eigenvalue weighted by Gasteiger charge is -2.12. The van der Waals surface area contributed by atoms with Crippen LogP contribution in [0.1, 0.15) is 37.8 Å². The second-order valence-electron chi connectivity index (χ2n) is 4.23. The van der Waals surface area contributed by atoms with E-state index in [9.17, 15) is 0 Å². The van der Waals surface area contributed by atoms with Crippen LogP contribution in [0.15, 0.2) is 18.2 Å². The average molecular weight is 222 g/mol. The van der Waals surface area contributed by atoms with Crippen LogP contribution in [0.25, 0.3) is 0 Å². The zero-order valence-electron chi connectivity index (χ0n) is 10.7. The summed E-state index contributed by atoms with van der Waals surface area (Å²) in [7, 11) is 0. The normalized spacial score (nSPS) is 10.8. The van der Waals surface area contributed by atoms with Gasteiger partial charge in [0, 0.05) is 6.61 Å². The Labute approximate surface area is 98.6 Å². The molecule has 0 saturated carbocycles. The third-order valence-electron chi connectivity index (χ3n) is 2.57. The van der Waals surface area contributed by atoms with Gasteiger partial charge in [0.1, 0.15) is 12.4 Å². The molecule has 0 heterocycles. The Hall–Kier alpha value is -1.02. The van der Waals surface area contributed by atoms with E-state index in [1.165, 1.54) is 11.1 Å². The van der Waals surface area contributed by atoms with E-state index in [4.69, 9.17) is 9.47 Å². The molecule has 0 amide bonds. The highest BCUT2D eigenvalue weighted by atomic mass is 16.5. The molecular formula is C14H22O2. The lowest BCUT2D eigenvalue weighted by atomic mass is 10.0. The first-order valence-electron chi connectivity index (χ1n) is 5.96. The lowest BCUT2D eigenvalue weighted by Crippen LogP contribution is -2.07. The van der Waals surface area contributed by atoms with Crippen molar-refractivity contribution in [3.05, 3.63) is 29.3 Å². The van der Waals surface area contributed by atoms with Crippen molar-refractivity contribution in [2.24, 2.45) is 0 Å². The molecule has 0 aliphatic rings. The van der Waals surface area contributed by atoms with E-state index in [0.29, 0.717) is 19.1 Å². The van der Waals surface area contributed by atoms with Crippen molar-refractivity contribution in [2.75, 3.05) is 19.8 Å². The van der Waals surface area contributed by atoms with Crippen LogP contribution >= 0.6 is 0 Å². The Morgan fingerprint density at radius 3 is 2.56 bits per heavy atom. The van der Waals surface area contributed by atoms with Crippen molar-refractivity contribution in [2.45, 2.75) is 33.6 Å². The molecule has 0 bridgehead atoms. The van der Waals surface area contributed by atoms with Crippen LogP contribution < -0.4 is 4.74 Å². The Kier molecular flexibility index (Phi) is 5.33. The average Bonchev–Trinajstić information content (AvgIpc) is 2.26. The van der Waals surface area contributed by atoms with Gasteiger partial charge in [-0.2, -0.15) is 0 Å². The second kappa shape index (κ2) is 6.54. The zero-order chi connectivity index (χ0) is 12.0. The molecule has 0 N–H and O–H groups in total. The number of benzene rings is 1. The summed E-state index contributed by atoms with van der Waals surface area (Å²) in [6.45, 7) is 10.5. The van der Waals surface area contributed by atoms with E-state index in [0.717, 1.165) is 12.4 Å². The predicted octanol–water partition coefficient (Wildman–Crippen LogP) is 3.53. The summed E-state index contributed by atoms with van der Waals surface area (Å²) < 4.78 is 11.0. The van der Waals surface area contributed by atoms with Crippen LogP contribution in [0, 0.1) is 6.92 Å². The number of ether oxygens (including phenoxy) is 2. The summed E-state index contributed by atoms with van der Waals surface area (Å²) in [5.41, 5.74) is 2.50. The maximum Gasteiger partial charge on any atom is 0.122 e. The molecule has 0 aromatic heterocycles. The van der Waals surface area contributed by atoms with Crippen molar-refractivity contribution in [3.8, 4) is 5.75 Å². The first-order valence-corrected chi connectivity index (χ1v) is 5.96. The van der Waals surface area contributed by atoms with Gasteiger partial charge in [-0.15, -0.1) is 0 Å². The summed E-state index contributed by atoms with van der Waals surface area (Å²) in [5.74, 6) is 1.51. The van der Waals surface area contributed by atoms with Crippen LogP contribution in [0.5, 0.6) is 5.75 Å². The molecule has 16 heavy (non-hydrogen) atoms. The third kappa shape index (κ3) is 3.86. The molecule has 0 aliphatic carbocycles. The van der Waals surface area contributed by atoms with Gasteiger partial charge in [0.05, 0.1) is 6.61 Å². The van der Waals surface area contributed by atoms with Gasteiger partial charge in [0.2, 0.25) is 0 Å². The van der Waals surface area contributed by atoms with Gasteiger partial charge < -0.3 is 9.47 Å². The fraction of sp³-hybridized carbons (Fsp3) is 0.571. The van der Waals surface area contributed by atoms with Crippen LogP contribution in [-0.4, -0.2) is 19.8 Å². The van der Waals surface area contributed by atoms with Gasteiger partial charge in [-0.1, -0.05) is 26.0 Å². The van der Waals surface area contributed by atoms with Crippen molar-refractivity contribution in [1.29, 1.82) is 0 Å². The molecule has 0 unspecified atom stereocenters. The molecule has 0 atom stereocenters. The predicted molar refractivity (Wildman–Crippen MR) is 67.3 cm³/mol. The van der Waals surface area contributed by atoms with Gasteiger partial charge in [-0.25, -0.2) is 0 Å². The quantitative estimate of drug-likeness (QED) is 0.685. The van der Waals surface area contributed by atoms with Gasteiger partial charge in [-0.3, -0.25) is 0 Å². The summed E-state index contributed by atoms with van der Waals surface area (Å²) >= 11 is 0. The Morgan fingerprint density at radius 1 is 1.19 bits per heavy atom. The van der Waals surface area contributed by atoms with Crippen LogP contribution in [0.4, 0.5) is 0 Å². The highest BCUT2D eigenvalue weighted by Crippen LogP contribution is 2.24. The maximum atomic E-state index is 5.70. The summed E-state index contributed by atoms with van der Waals surface area (Å²) in [4.78, 5) is 0. The number of rotatable bonds is 6. The van der Waals surface area contributed by atoms with Gasteiger partial charge in [0.25, 0.3) is 0 Å². The minimum Gasteiger partial charge on any atom is -0.491 e. The topological polar surface area (TPSA) is 18.5 Å². The number of hydrogen-bond acceptors (Lipinski definition) is 2. The standard InChI is InChI=1S/C14H22O2/c1-5-15-8-9-16-14-10-13(11(2)3)7-6-12(14)4/h6-7,10-11H,5,8-9H2,1-4H3. The number of aryl methyl sites for hydroxylation is 1. The maximum absolute atomic E-state index is 5.70. The molecular weight excluding hydrogens is 200 g/mol. The molecule has 1 aromatic rings. The van der Waals surface area contributed by atoms with E-state index in [-0.39, 0.29) is 0 Å². The molecule has 2 heteroatoms. The van der Waals surface area contributed by atoms with Gasteiger partial charge in [-0.05, 0) is 37.0 Å². The molecule has 0 spiro atoms. The Bertz CT molecular complexity index is 319. The van der Waals surface area contributed by atoms with Crippen LogP contribution in [0.3, 0.4) is 0 Å². The molecule has 0 aliphatic heterocycles. The summed E-state index contributed by atoms with van der Waals surface area (Å²) in [6, 6.07) is 6.41. The molecule has 1 aromatic carbocycles. The minimum atomic E-state index is 0.537. The molecule has 0 radical (unpaired) electrons. The van der Waals surface area contributed by atoms with Gasteiger partial charge >= 0.3 is 0 Å². The molecule has 90 valence electrons. The summed E-state index contributed by atoms with van der Waals surface area (Å²) in [5, 5.41) is 0. The summed E-state index contributed by atoms with van der Waals surface area (Å²) in [6.07, 6.45) is 0. The highest BCUT2D eigenvalue weighted by molar-refractivity contribution is 5.37. The SMILES string of the molecule is CCOCCOc1cc(C(C)C)ccc1C. The van der Waals surface area contributed by atoms with Gasteiger partial charge in [0.15, 0.2) is 0 Å². The lowest BCUT2D eigenvalue weighted by molar-refractivity contribution is 0.110. The first-order chi connectivity index (χ1) is 7.65. The van der Waals surface area contributed by atoms with E-state index < -0.39 is 0 Å². The smallest absolute Gasteiger partial charge is 0.122 e. The van der Waals surface area contributed by atoms with E-state index >= 15 is 0 Å². The fourth-order valence-corrected chi connectivity index (χ4v) is 1.49. The largest absolute Gasteiger partial charge is 0.491 e. The molecule has 0 saturated heterocycles. The third-order valence-corrected chi connectivity index (χ3v) is 2.57.